The molecular formula is C15H22BrNO. The van der Waals surface area contributed by atoms with Gasteiger partial charge in [0.15, 0.2) is 0 Å². The number of nitrogens with one attached hydrogen (secondary N) is 1. The van der Waals surface area contributed by atoms with E-state index in [0.29, 0.717) is 5.92 Å². The summed E-state index contributed by atoms with van der Waals surface area (Å²) in [6.07, 6.45) is 0.906. The Hall–Kier alpha value is -0.830. The topological polar surface area (TPSA) is 29.1 Å². The van der Waals surface area contributed by atoms with Crippen molar-refractivity contribution in [3.05, 3.63) is 35.4 Å². The second kappa shape index (κ2) is 6.37. The SMILES string of the molecule is CC(C)c1ccc(C(=O)NC(C)(C)CCBr)cc1. The predicted octanol–water partition coefficient (Wildman–Crippen LogP) is 4.10. The summed E-state index contributed by atoms with van der Waals surface area (Å²) in [7, 11) is 0. The van der Waals surface area contributed by atoms with E-state index in [1.54, 1.807) is 0 Å². The van der Waals surface area contributed by atoms with Crippen LogP contribution in [0.1, 0.15) is 56.0 Å². The number of amides is 1. The smallest absolute Gasteiger partial charge is 0.251 e. The Morgan fingerprint density at radius 1 is 1.28 bits per heavy atom. The van der Waals surface area contributed by atoms with E-state index in [4.69, 9.17) is 0 Å². The van der Waals surface area contributed by atoms with Crippen molar-refractivity contribution < 1.29 is 4.79 Å². The van der Waals surface area contributed by atoms with Crippen LogP contribution in [0.15, 0.2) is 24.3 Å². The van der Waals surface area contributed by atoms with Gasteiger partial charge in [-0.25, -0.2) is 0 Å². The molecule has 18 heavy (non-hydrogen) atoms. The number of carbonyl (C=O) groups excluding carboxylic acids is 1. The highest BCUT2D eigenvalue weighted by Gasteiger charge is 2.20. The number of benzene rings is 1. The van der Waals surface area contributed by atoms with Crippen LogP contribution in [0.2, 0.25) is 0 Å². The summed E-state index contributed by atoms with van der Waals surface area (Å²) in [5.41, 5.74) is 1.80. The number of alkyl halides is 1. The zero-order valence-corrected chi connectivity index (χ0v) is 13.2. The summed E-state index contributed by atoms with van der Waals surface area (Å²) < 4.78 is 0. The van der Waals surface area contributed by atoms with Crippen LogP contribution < -0.4 is 5.32 Å². The van der Waals surface area contributed by atoms with Gasteiger partial charge in [0, 0.05) is 16.4 Å². The Morgan fingerprint density at radius 2 is 1.83 bits per heavy atom. The fourth-order valence-corrected chi connectivity index (χ4v) is 2.69. The predicted molar refractivity (Wildman–Crippen MR) is 80.5 cm³/mol. The lowest BCUT2D eigenvalue weighted by molar-refractivity contribution is 0.0912. The van der Waals surface area contributed by atoms with Gasteiger partial charge >= 0.3 is 0 Å². The van der Waals surface area contributed by atoms with Crippen molar-refractivity contribution in [2.24, 2.45) is 0 Å². The second-order valence-electron chi connectivity index (χ2n) is 5.55. The van der Waals surface area contributed by atoms with E-state index in [2.05, 4.69) is 35.1 Å². The van der Waals surface area contributed by atoms with Crippen LogP contribution in [-0.2, 0) is 0 Å². The number of halogens is 1. The summed E-state index contributed by atoms with van der Waals surface area (Å²) in [6, 6.07) is 7.85. The minimum absolute atomic E-state index is 0.00347. The van der Waals surface area contributed by atoms with Gasteiger partial charge in [0.05, 0.1) is 0 Å². The maximum Gasteiger partial charge on any atom is 0.251 e. The molecule has 1 rings (SSSR count). The molecule has 1 N–H and O–H groups in total. The molecule has 0 fully saturated rings. The van der Waals surface area contributed by atoms with Crippen molar-refractivity contribution in [2.75, 3.05) is 5.33 Å². The third kappa shape index (κ3) is 4.45. The summed E-state index contributed by atoms with van der Waals surface area (Å²) >= 11 is 3.41. The molecular weight excluding hydrogens is 290 g/mol. The zero-order valence-electron chi connectivity index (χ0n) is 11.6. The minimum atomic E-state index is -0.183. The van der Waals surface area contributed by atoms with E-state index in [9.17, 15) is 4.79 Å². The van der Waals surface area contributed by atoms with Crippen molar-refractivity contribution in [1.29, 1.82) is 0 Å². The third-order valence-corrected chi connectivity index (χ3v) is 3.41. The maximum atomic E-state index is 12.1. The van der Waals surface area contributed by atoms with Crippen LogP contribution in [0.4, 0.5) is 0 Å². The van der Waals surface area contributed by atoms with Gasteiger partial charge in [0.25, 0.3) is 5.91 Å². The molecule has 1 aromatic carbocycles. The van der Waals surface area contributed by atoms with Crippen LogP contribution in [0.5, 0.6) is 0 Å². The lowest BCUT2D eigenvalue weighted by Gasteiger charge is -2.25. The van der Waals surface area contributed by atoms with E-state index < -0.39 is 0 Å². The lowest BCUT2D eigenvalue weighted by atomic mass is 9.99. The summed E-state index contributed by atoms with van der Waals surface area (Å²) in [5, 5.41) is 3.93. The summed E-state index contributed by atoms with van der Waals surface area (Å²) in [6.45, 7) is 8.37. The highest BCUT2D eigenvalue weighted by atomic mass is 79.9. The molecule has 1 aromatic rings. The van der Waals surface area contributed by atoms with Crippen LogP contribution in [0.25, 0.3) is 0 Å². The fraction of sp³-hybridized carbons (Fsp3) is 0.533. The normalized spacial score (nSPS) is 11.7. The van der Waals surface area contributed by atoms with Gasteiger partial charge in [-0.15, -0.1) is 0 Å². The van der Waals surface area contributed by atoms with Crippen molar-refractivity contribution in [3.63, 3.8) is 0 Å². The first-order valence-corrected chi connectivity index (χ1v) is 7.46. The number of hydrogen-bond acceptors (Lipinski definition) is 1. The molecule has 0 saturated carbocycles. The first-order chi connectivity index (χ1) is 8.35. The highest BCUT2D eigenvalue weighted by Crippen LogP contribution is 2.16. The molecule has 0 atom stereocenters. The van der Waals surface area contributed by atoms with Crippen LogP contribution in [-0.4, -0.2) is 16.8 Å². The van der Waals surface area contributed by atoms with E-state index in [1.807, 2.05) is 38.1 Å². The average Bonchev–Trinajstić information content (AvgIpc) is 2.28. The molecule has 0 radical (unpaired) electrons. The molecule has 0 spiro atoms. The molecule has 2 nitrogen and oxygen atoms in total. The molecule has 1 amide bonds. The van der Waals surface area contributed by atoms with Crippen molar-refractivity contribution in [1.82, 2.24) is 5.32 Å². The van der Waals surface area contributed by atoms with Gasteiger partial charge in [-0.3, -0.25) is 4.79 Å². The van der Waals surface area contributed by atoms with Crippen molar-refractivity contribution in [2.45, 2.75) is 45.6 Å². The Labute approximate surface area is 118 Å². The fourth-order valence-electron chi connectivity index (χ4n) is 1.70. The first kappa shape index (κ1) is 15.2. The Bertz CT molecular complexity index is 395. The van der Waals surface area contributed by atoms with Crippen molar-refractivity contribution in [3.8, 4) is 0 Å². The van der Waals surface area contributed by atoms with E-state index in [-0.39, 0.29) is 11.4 Å². The average molecular weight is 312 g/mol. The maximum absolute atomic E-state index is 12.1. The molecule has 0 aromatic heterocycles. The molecule has 0 aliphatic heterocycles. The van der Waals surface area contributed by atoms with Gasteiger partial charge in [-0.05, 0) is 43.9 Å². The van der Waals surface area contributed by atoms with Crippen molar-refractivity contribution >= 4 is 21.8 Å². The highest BCUT2D eigenvalue weighted by molar-refractivity contribution is 9.09. The minimum Gasteiger partial charge on any atom is -0.347 e. The third-order valence-electron chi connectivity index (χ3n) is 3.01. The molecule has 3 heteroatoms. The monoisotopic (exact) mass is 311 g/mol. The zero-order chi connectivity index (χ0) is 13.8. The number of carbonyl (C=O) groups is 1. The van der Waals surface area contributed by atoms with Crippen LogP contribution in [0.3, 0.4) is 0 Å². The largest absolute Gasteiger partial charge is 0.347 e. The van der Waals surface area contributed by atoms with Crippen LogP contribution in [0, 0.1) is 0 Å². The van der Waals surface area contributed by atoms with E-state index in [1.165, 1.54) is 5.56 Å². The molecule has 0 heterocycles. The molecule has 0 bridgehead atoms. The Kier molecular flexibility index (Phi) is 5.39. The van der Waals surface area contributed by atoms with Crippen LogP contribution >= 0.6 is 15.9 Å². The van der Waals surface area contributed by atoms with E-state index >= 15 is 0 Å². The second-order valence-corrected chi connectivity index (χ2v) is 6.35. The van der Waals surface area contributed by atoms with Gasteiger partial charge in [-0.1, -0.05) is 41.9 Å². The Balaban J connectivity index is 2.73. The van der Waals surface area contributed by atoms with Gasteiger partial charge in [-0.2, -0.15) is 0 Å². The van der Waals surface area contributed by atoms with Gasteiger partial charge in [0.2, 0.25) is 0 Å². The number of rotatable bonds is 5. The van der Waals surface area contributed by atoms with Gasteiger partial charge < -0.3 is 5.32 Å². The number of hydrogen-bond donors (Lipinski definition) is 1. The molecule has 0 saturated heterocycles. The Morgan fingerprint density at radius 3 is 2.28 bits per heavy atom. The lowest BCUT2D eigenvalue weighted by Crippen LogP contribution is -2.43. The van der Waals surface area contributed by atoms with Gasteiger partial charge in [0.1, 0.15) is 0 Å². The first-order valence-electron chi connectivity index (χ1n) is 6.34. The quantitative estimate of drug-likeness (QED) is 0.815. The van der Waals surface area contributed by atoms with E-state index in [0.717, 1.165) is 17.3 Å². The molecule has 100 valence electrons. The molecule has 0 aliphatic rings. The summed E-state index contributed by atoms with van der Waals surface area (Å²) in [5.74, 6) is 0.489. The molecule has 0 aliphatic carbocycles. The summed E-state index contributed by atoms with van der Waals surface area (Å²) in [4.78, 5) is 12.1. The molecule has 0 unspecified atom stereocenters. The standard InChI is InChI=1S/C15H22BrNO/c1-11(2)12-5-7-13(8-6-12)14(18)17-15(3,4)9-10-16/h5-8,11H,9-10H2,1-4H3,(H,17,18).